The van der Waals surface area contributed by atoms with Gasteiger partial charge in [0, 0.05) is 25.3 Å². The largest absolute Gasteiger partial charge is 0.291 e. The number of nitro groups is 1. The first-order valence-electron chi connectivity index (χ1n) is 3.15. The van der Waals surface area contributed by atoms with Crippen molar-refractivity contribution in [2.75, 3.05) is 0 Å². The minimum Gasteiger partial charge on any atom is -0.263 e. The number of nitrogens with zero attached hydrogens (tertiary/aromatic N) is 1. The first-order chi connectivity index (χ1) is 5.63. The third-order valence-electron chi connectivity index (χ3n) is 1.35. The molecule has 0 aliphatic heterocycles. The van der Waals surface area contributed by atoms with Crippen molar-refractivity contribution in [1.29, 1.82) is 0 Å². The molecule has 0 radical (unpaired) electrons. The number of rotatable bonds is 2. The molecule has 0 fully saturated rings. The van der Waals surface area contributed by atoms with Crippen LogP contribution in [0.1, 0.15) is 10.5 Å². The van der Waals surface area contributed by atoms with Crippen molar-refractivity contribution in [3.8, 4) is 0 Å². The van der Waals surface area contributed by atoms with Gasteiger partial charge in [0.1, 0.15) is 0 Å². The van der Waals surface area contributed by atoms with E-state index >= 15 is 0 Å². The summed E-state index contributed by atoms with van der Waals surface area (Å²) in [4.78, 5) is 9.16. The van der Waals surface area contributed by atoms with Gasteiger partial charge in [0.15, 0.2) is 0 Å². The van der Waals surface area contributed by atoms with Crippen molar-refractivity contribution in [3.63, 3.8) is 0 Å². The molecule has 0 aliphatic carbocycles. The Kier molecular flexibility index (Phi) is 3.22. The van der Waals surface area contributed by atoms with Gasteiger partial charge >= 0.3 is 0 Å². The molecule has 0 saturated heterocycles. The lowest BCUT2D eigenvalue weighted by Gasteiger charge is -2.03. The molecule has 1 aromatic carbocycles. The van der Waals surface area contributed by atoms with Gasteiger partial charge in [-0.3, -0.25) is 10.1 Å². The Bertz CT molecular complexity index is 303. The SMILES string of the molecule is O=[N+]([O-])C(Br)c1ccccc1Br. The fourth-order valence-corrected chi connectivity index (χ4v) is 1.99. The molecule has 1 atom stereocenters. The second-order valence-corrected chi connectivity index (χ2v) is 3.86. The lowest BCUT2D eigenvalue weighted by Crippen LogP contribution is -2.03. The standard InChI is InChI=1S/C7H5Br2NO2/c8-6-4-2-1-3-5(6)7(9)10(11)12/h1-4,7H. The van der Waals surface area contributed by atoms with Crippen LogP contribution in [0.15, 0.2) is 28.7 Å². The Balaban J connectivity index is 3.02. The van der Waals surface area contributed by atoms with Crippen LogP contribution in [0, 0.1) is 10.1 Å². The molecule has 1 aromatic rings. The number of benzene rings is 1. The summed E-state index contributed by atoms with van der Waals surface area (Å²) in [5.74, 6) is 0. The zero-order chi connectivity index (χ0) is 9.14. The van der Waals surface area contributed by atoms with Gasteiger partial charge in [0.2, 0.25) is 0 Å². The average molecular weight is 295 g/mol. The molecule has 0 bridgehead atoms. The zero-order valence-electron chi connectivity index (χ0n) is 5.91. The minimum absolute atomic E-state index is 0.389. The van der Waals surface area contributed by atoms with Gasteiger partial charge in [-0.1, -0.05) is 34.1 Å². The van der Waals surface area contributed by atoms with E-state index in [0.29, 0.717) is 5.56 Å². The van der Waals surface area contributed by atoms with Crippen molar-refractivity contribution in [3.05, 3.63) is 44.4 Å². The van der Waals surface area contributed by atoms with E-state index in [0.717, 1.165) is 4.47 Å². The van der Waals surface area contributed by atoms with Gasteiger partial charge in [-0.25, -0.2) is 0 Å². The highest BCUT2D eigenvalue weighted by atomic mass is 79.9. The van der Waals surface area contributed by atoms with Crippen molar-refractivity contribution in [1.82, 2.24) is 0 Å². The third kappa shape index (κ3) is 2.04. The maximum atomic E-state index is 10.4. The summed E-state index contributed by atoms with van der Waals surface area (Å²) in [5, 5.41) is 10.4. The number of halogens is 2. The highest BCUT2D eigenvalue weighted by Gasteiger charge is 2.19. The summed E-state index contributed by atoms with van der Waals surface area (Å²) >= 11 is 6.20. The van der Waals surface area contributed by atoms with Crippen molar-refractivity contribution < 1.29 is 4.92 Å². The van der Waals surface area contributed by atoms with Crippen molar-refractivity contribution in [2.45, 2.75) is 4.95 Å². The van der Waals surface area contributed by atoms with E-state index < -0.39 is 4.95 Å². The van der Waals surface area contributed by atoms with Crippen molar-refractivity contribution in [2.24, 2.45) is 0 Å². The minimum atomic E-state index is -0.840. The second-order valence-electron chi connectivity index (χ2n) is 2.14. The van der Waals surface area contributed by atoms with E-state index in [-0.39, 0.29) is 4.92 Å². The first kappa shape index (κ1) is 9.67. The monoisotopic (exact) mass is 293 g/mol. The van der Waals surface area contributed by atoms with Gasteiger partial charge in [0.25, 0.3) is 4.95 Å². The van der Waals surface area contributed by atoms with E-state index in [1.54, 1.807) is 18.2 Å². The molecule has 0 N–H and O–H groups in total. The van der Waals surface area contributed by atoms with Gasteiger partial charge in [-0.05, 0) is 6.07 Å². The lowest BCUT2D eigenvalue weighted by atomic mass is 10.2. The molecule has 0 aromatic heterocycles. The Morgan fingerprint density at radius 3 is 2.50 bits per heavy atom. The molecule has 0 amide bonds. The molecular weight excluding hydrogens is 290 g/mol. The third-order valence-corrected chi connectivity index (χ3v) is 2.90. The summed E-state index contributed by atoms with van der Waals surface area (Å²) in [7, 11) is 0. The highest BCUT2D eigenvalue weighted by Crippen LogP contribution is 2.29. The highest BCUT2D eigenvalue weighted by molar-refractivity contribution is 9.11. The maximum absolute atomic E-state index is 10.4. The Morgan fingerprint density at radius 1 is 1.42 bits per heavy atom. The molecule has 12 heavy (non-hydrogen) atoms. The molecule has 0 saturated carbocycles. The van der Waals surface area contributed by atoms with E-state index in [1.165, 1.54) is 0 Å². The fraction of sp³-hybridized carbons (Fsp3) is 0.143. The van der Waals surface area contributed by atoms with Crippen LogP contribution in [-0.2, 0) is 0 Å². The van der Waals surface area contributed by atoms with Crippen LogP contribution in [0.4, 0.5) is 0 Å². The molecule has 0 spiro atoms. The lowest BCUT2D eigenvalue weighted by molar-refractivity contribution is -0.498. The van der Waals surface area contributed by atoms with Crippen LogP contribution in [0.5, 0.6) is 0 Å². The molecule has 0 aliphatic rings. The van der Waals surface area contributed by atoms with Gasteiger partial charge in [0.05, 0.1) is 5.56 Å². The number of hydrogen-bond acceptors (Lipinski definition) is 2. The molecule has 0 heterocycles. The number of alkyl halides is 1. The second kappa shape index (κ2) is 4.00. The summed E-state index contributed by atoms with van der Waals surface area (Å²) in [6, 6.07) is 7.05. The Labute approximate surface area is 86.2 Å². The van der Waals surface area contributed by atoms with E-state index in [2.05, 4.69) is 31.9 Å². The topological polar surface area (TPSA) is 43.1 Å². The quantitative estimate of drug-likeness (QED) is 0.364. The predicted molar refractivity (Wildman–Crippen MR) is 52.8 cm³/mol. The normalized spacial score (nSPS) is 12.5. The van der Waals surface area contributed by atoms with Gasteiger partial charge in [-0.15, -0.1) is 0 Å². The molecule has 1 rings (SSSR count). The van der Waals surface area contributed by atoms with Crippen LogP contribution < -0.4 is 0 Å². The molecule has 1 unspecified atom stereocenters. The van der Waals surface area contributed by atoms with E-state index in [1.807, 2.05) is 6.07 Å². The van der Waals surface area contributed by atoms with Crippen LogP contribution in [0.2, 0.25) is 0 Å². The van der Waals surface area contributed by atoms with Crippen LogP contribution in [0.25, 0.3) is 0 Å². The average Bonchev–Trinajstić information content (AvgIpc) is 2.04. The molecular formula is C7H5Br2NO2. The summed E-state index contributed by atoms with van der Waals surface area (Å²) in [5.41, 5.74) is 0.627. The van der Waals surface area contributed by atoms with Crippen LogP contribution in [-0.4, -0.2) is 4.92 Å². The van der Waals surface area contributed by atoms with Gasteiger partial charge in [-0.2, -0.15) is 0 Å². The maximum Gasteiger partial charge on any atom is 0.291 e. The van der Waals surface area contributed by atoms with Crippen LogP contribution in [0.3, 0.4) is 0 Å². The predicted octanol–water partition coefficient (Wildman–Crippen LogP) is 3.12. The summed E-state index contributed by atoms with van der Waals surface area (Å²) < 4.78 is 0.739. The van der Waals surface area contributed by atoms with Crippen molar-refractivity contribution >= 4 is 31.9 Å². The van der Waals surface area contributed by atoms with Crippen LogP contribution >= 0.6 is 31.9 Å². The molecule has 3 nitrogen and oxygen atoms in total. The Hall–Kier alpha value is -0.420. The number of hydrogen-bond donors (Lipinski definition) is 0. The Morgan fingerprint density at radius 2 is 2.00 bits per heavy atom. The first-order valence-corrected chi connectivity index (χ1v) is 4.86. The smallest absolute Gasteiger partial charge is 0.263 e. The van der Waals surface area contributed by atoms with Gasteiger partial charge < -0.3 is 0 Å². The summed E-state index contributed by atoms with van der Waals surface area (Å²) in [6.07, 6.45) is 0. The molecule has 5 heteroatoms. The van der Waals surface area contributed by atoms with E-state index in [9.17, 15) is 10.1 Å². The summed E-state index contributed by atoms with van der Waals surface area (Å²) in [6.45, 7) is 0. The molecule has 64 valence electrons. The zero-order valence-corrected chi connectivity index (χ0v) is 9.08. The van der Waals surface area contributed by atoms with E-state index in [4.69, 9.17) is 0 Å². The fourth-order valence-electron chi connectivity index (χ4n) is 0.782.